The number of anilines is 1. The molecule has 0 saturated carbocycles. The zero-order valence-electron chi connectivity index (χ0n) is 11.1. The maximum absolute atomic E-state index is 11.0. The van der Waals surface area contributed by atoms with E-state index in [1.165, 1.54) is 0 Å². The lowest BCUT2D eigenvalue weighted by Crippen LogP contribution is -2.33. The predicted octanol–water partition coefficient (Wildman–Crippen LogP) is 1.66. The number of thiazole rings is 1. The van der Waals surface area contributed by atoms with E-state index in [0.29, 0.717) is 6.54 Å². The number of hydrogen-bond donors (Lipinski definition) is 2. The van der Waals surface area contributed by atoms with Gasteiger partial charge in [0, 0.05) is 24.2 Å². The Labute approximate surface area is 112 Å². The van der Waals surface area contributed by atoms with E-state index >= 15 is 0 Å². The third kappa shape index (κ3) is 5.46. The summed E-state index contributed by atoms with van der Waals surface area (Å²) in [5, 5.41) is 4.11. The SMILES string of the molecule is CCCCN(CC(N)=O)Cc1cnc(NCC)s1. The van der Waals surface area contributed by atoms with Gasteiger partial charge in [0.1, 0.15) is 0 Å². The highest BCUT2D eigenvalue weighted by molar-refractivity contribution is 7.15. The van der Waals surface area contributed by atoms with Gasteiger partial charge >= 0.3 is 0 Å². The molecule has 0 aliphatic heterocycles. The molecule has 1 rings (SSSR count). The summed E-state index contributed by atoms with van der Waals surface area (Å²) in [6.45, 7) is 7.00. The van der Waals surface area contributed by atoms with Crippen molar-refractivity contribution in [2.24, 2.45) is 5.73 Å². The number of aromatic nitrogens is 1. The van der Waals surface area contributed by atoms with Gasteiger partial charge < -0.3 is 11.1 Å². The molecule has 0 bridgehead atoms. The van der Waals surface area contributed by atoms with Gasteiger partial charge in [-0.3, -0.25) is 9.69 Å². The highest BCUT2D eigenvalue weighted by Gasteiger charge is 2.10. The molecule has 1 heterocycles. The van der Waals surface area contributed by atoms with Crippen LogP contribution in [0.1, 0.15) is 31.6 Å². The fraction of sp³-hybridized carbons (Fsp3) is 0.667. The summed E-state index contributed by atoms with van der Waals surface area (Å²) < 4.78 is 0. The van der Waals surface area contributed by atoms with Gasteiger partial charge in [0.15, 0.2) is 5.13 Å². The van der Waals surface area contributed by atoms with Crippen molar-refractivity contribution >= 4 is 22.4 Å². The number of nitrogens with one attached hydrogen (secondary N) is 1. The van der Waals surface area contributed by atoms with Gasteiger partial charge in [0.05, 0.1) is 6.54 Å². The van der Waals surface area contributed by atoms with Gasteiger partial charge in [-0.05, 0) is 19.9 Å². The van der Waals surface area contributed by atoms with Gasteiger partial charge in [-0.2, -0.15) is 0 Å². The Bertz CT molecular complexity index is 367. The zero-order chi connectivity index (χ0) is 13.4. The first-order valence-electron chi connectivity index (χ1n) is 6.35. The fourth-order valence-electron chi connectivity index (χ4n) is 1.65. The Hall–Kier alpha value is -1.14. The molecule has 0 aliphatic carbocycles. The van der Waals surface area contributed by atoms with E-state index in [1.807, 2.05) is 13.1 Å². The third-order valence-electron chi connectivity index (χ3n) is 2.47. The number of hydrogen-bond acceptors (Lipinski definition) is 5. The summed E-state index contributed by atoms with van der Waals surface area (Å²) in [6, 6.07) is 0. The van der Waals surface area contributed by atoms with Gasteiger partial charge in [0.25, 0.3) is 0 Å². The predicted molar refractivity (Wildman–Crippen MR) is 75.7 cm³/mol. The van der Waals surface area contributed by atoms with Crippen molar-refractivity contribution in [3.8, 4) is 0 Å². The van der Waals surface area contributed by atoms with Gasteiger partial charge in [-0.15, -0.1) is 11.3 Å². The number of carbonyl (C=O) groups excluding carboxylic acids is 1. The molecule has 0 fully saturated rings. The molecule has 5 nitrogen and oxygen atoms in total. The highest BCUT2D eigenvalue weighted by atomic mass is 32.1. The number of rotatable bonds is 9. The maximum Gasteiger partial charge on any atom is 0.231 e. The molecular weight excluding hydrogens is 248 g/mol. The summed E-state index contributed by atoms with van der Waals surface area (Å²) in [5.74, 6) is -0.275. The lowest BCUT2D eigenvalue weighted by molar-refractivity contribution is -0.119. The normalized spacial score (nSPS) is 10.8. The van der Waals surface area contributed by atoms with E-state index in [1.54, 1.807) is 11.3 Å². The topological polar surface area (TPSA) is 71.2 Å². The first-order valence-corrected chi connectivity index (χ1v) is 7.16. The van der Waals surface area contributed by atoms with Crippen molar-refractivity contribution in [2.75, 3.05) is 25.0 Å². The molecule has 0 radical (unpaired) electrons. The number of unbranched alkanes of at least 4 members (excludes halogenated alkanes) is 1. The van der Waals surface area contributed by atoms with E-state index in [4.69, 9.17) is 5.73 Å². The summed E-state index contributed by atoms with van der Waals surface area (Å²) in [5.41, 5.74) is 5.27. The molecule has 0 aromatic carbocycles. The Balaban J connectivity index is 2.54. The largest absolute Gasteiger partial charge is 0.369 e. The van der Waals surface area contributed by atoms with Crippen LogP contribution in [-0.2, 0) is 11.3 Å². The van der Waals surface area contributed by atoms with Gasteiger partial charge in [0.2, 0.25) is 5.91 Å². The summed E-state index contributed by atoms with van der Waals surface area (Å²) in [4.78, 5) is 18.5. The zero-order valence-corrected chi connectivity index (χ0v) is 11.9. The van der Waals surface area contributed by atoms with Crippen LogP contribution >= 0.6 is 11.3 Å². The lowest BCUT2D eigenvalue weighted by atomic mass is 10.3. The van der Waals surface area contributed by atoms with Crippen molar-refractivity contribution in [3.05, 3.63) is 11.1 Å². The quantitative estimate of drug-likeness (QED) is 0.716. The van der Waals surface area contributed by atoms with Crippen molar-refractivity contribution in [1.82, 2.24) is 9.88 Å². The number of nitrogens with zero attached hydrogens (tertiary/aromatic N) is 2. The summed E-state index contributed by atoms with van der Waals surface area (Å²) >= 11 is 1.63. The first kappa shape index (κ1) is 14.9. The molecule has 0 spiro atoms. The minimum Gasteiger partial charge on any atom is -0.369 e. The van der Waals surface area contributed by atoms with Crippen molar-refractivity contribution < 1.29 is 4.79 Å². The minimum absolute atomic E-state index is 0.275. The van der Waals surface area contributed by atoms with Crippen molar-refractivity contribution in [3.63, 3.8) is 0 Å². The van der Waals surface area contributed by atoms with E-state index in [9.17, 15) is 4.79 Å². The first-order chi connectivity index (χ1) is 8.65. The van der Waals surface area contributed by atoms with E-state index in [-0.39, 0.29) is 5.91 Å². The Morgan fingerprint density at radius 3 is 2.94 bits per heavy atom. The monoisotopic (exact) mass is 270 g/mol. The molecule has 0 saturated heterocycles. The van der Waals surface area contributed by atoms with Gasteiger partial charge in [-0.25, -0.2) is 4.98 Å². The van der Waals surface area contributed by atoms with Crippen LogP contribution in [0, 0.1) is 0 Å². The molecule has 102 valence electrons. The van der Waals surface area contributed by atoms with Crippen LogP contribution in [-0.4, -0.2) is 35.4 Å². The number of carbonyl (C=O) groups is 1. The average molecular weight is 270 g/mol. The molecule has 1 aromatic rings. The third-order valence-corrected chi connectivity index (χ3v) is 3.41. The average Bonchev–Trinajstić information content (AvgIpc) is 2.73. The number of nitrogens with two attached hydrogens (primary N) is 1. The molecule has 3 N–H and O–H groups in total. The van der Waals surface area contributed by atoms with E-state index in [0.717, 1.165) is 42.5 Å². The van der Waals surface area contributed by atoms with Crippen LogP contribution in [0.3, 0.4) is 0 Å². The van der Waals surface area contributed by atoms with Crippen LogP contribution in [0.15, 0.2) is 6.20 Å². The van der Waals surface area contributed by atoms with Crippen LogP contribution in [0.5, 0.6) is 0 Å². The van der Waals surface area contributed by atoms with Crippen LogP contribution in [0.2, 0.25) is 0 Å². The Morgan fingerprint density at radius 1 is 1.56 bits per heavy atom. The summed E-state index contributed by atoms with van der Waals surface area (Å²) in [7, 11) is 0. The van der Waals surface area contributed by atoms with Crippen LogP contribution in [0.4, 0.5) is 5.13 Å². The molecule has 0 aliphatic rings. The summed E-state index contributed by atoms with van der Waals surface area (Å²) in [6.07, 6.45) is 4.05. The number of amides is 1. The minimum atomic E-state index is -0.275. The molecular formula is C12H22N4OS. The Kier molecular flexibility index (Phi) is 6.67. The molecule has 1 aromatic heterocycles. The Morgan fingerprint density at radius 2 is 2.33 bits per heavy atom. The van der Waals surface area contributed by atoms with Crippen molar-refractivity contribution in [1.29, 1.82) is 0 Å². The molecule has 0 unspecified atom stereocenters. The number of primary amides is 1. The fourth-order valence-corrected chi connectivity index (χ4v) is 2.57. The van der Waals surface area contributed by atoms with Crippen molar-refractivity contribution in [2.45, 2.75) is 33.2 Å². The molecule has 18 heavy (non-hydrogen) atoms. The van der Waals surface area contributed by atoms with E-state index < -0.39 is 0 Å². The maximum atomic E-state index is 11.0. The van der Waals surface area contributed by atoms with Crippen LogP contribution in [0.25, 0.3) is 0 Å². The molecule has 1 amide bonds. The van der Waals surface area contributed by atoms with E-state index in [2.05, 4.69) is 22.1 Å². The second-order valence-electron chi connectivity index (χ2n) is 4.19. The molecule has 6 heteroatoms. The second kappa shape index (κ2) is 8.05. The second-order valence-corrected chi connectivity index (χ2v) is 5.31. The lowest BCUT2D eigenvalue weighted by Gasteiger charge is -2.19. The van der Waals surface area contributed by atoms with Crippen LogP contribution < -0.4 is 11.1 Å². The smallest absolute Gasteiger partial charge is 0.231 e. The van der Waals surface area contributed by atoms with Gasteiger partial charge in [-0.1, -0.05) is 13.3 Å². The highest BCUT2D eigenvalue weighted by Crippen LogP contribution is 2.19. The standard InChI is InChI=1S/C12H22N4OS/c1-3-5-6-16(9-11(13)17)8-10-7-15-12(18-10)14-4-2/h7H,3-6,8-9H2,1-2H3,(H2,13,17)(H,14,15). The molecule has 0 atom stereocenters.